The van der Waals surface area contributed by atoms with E-state index in [9.17, 15) is 4.79 Å². The van der Waals surface area contributed by atoms with Crippen LogP contribution >= 0.6 is 0 Å². The Labute approximate surface area is 118 Å². The maximum Gasteiger partial charge on any atom is 0.248 e. The molecule has 0 fully saturated rings. The number of hydrogen-bond donors (Lipinski definition) is 1. The first-order valence-electron chi connectivity index (χ1n) is 6.83. The Morgan fingerprint density at radius 2 is 2.25 bits per heavy atom. The summed E-state index contributed by atoms with van der Waals surface area (Å²) in [4.78, 5) is 14.4. The molecule has 20 heavy (non-hydrogen) atoms. The van der Waals surface area contributed by atoms with Crippen molar-refractivity contribution in [3.8, 4) is 0 Å². The van der Waals surface area contributed by atoms with Crippen LogP contribution in [0.5, 0.6) is 0 Å². The van der Waals surface area contributed by atoms with Crippen molar-refractivity contribution in [2.75, 3.05) is 11.4 Å². The number of aromatic nitrogens is 2. The zero-order valence-corrected chi connectivity index (χ0v) is 11.5. The molecule has 3 rings (SSSR count). The van der Waals surface area contributed by atoms with E-state index in [4.69, 9.17) is 0 Å². The first-order valence-corrected chi connectivity index (χ1v) is 6.83. The summed E-state index contributed by atoms with van der Waals surface area (Å²) in [6, 6.07) is 10.2. The second kappa shape index (κ2) is 5.46. The average Bonchev–Trinajstić information content (AvgIpc) is 2.89. The van der Waals surface area contributed by atoms with E-state index >= 15 is 0 Å². The van der Waals surface area contributed by atoms with Crippen LogP contribution in [0.15, 0.2) is 42.7 Å². The van der Waals surface area contributed by atoms with Crippen molar-refractivity contribution in [2.45, 2.75) is 26.1 Å². The molecular formula is C15H18N4O. The van der Waals surface area contributed by atoms with Crippen molar-refractivity contribution in [2.24, 2.45) is 0 Å². The molecule has 2 heterocycles. The van der Waals surface area contributed by atoms with Gasteiger partial charge < -0.3 is 10.2 Å². The van der Waals surface area contributed by atoms with Crippen LogP contribution in [0.1, 0.15) is 12.5 Å². The number of nitrogens with zero attached hydrogens (tertiary/aromatic N) is 3. The zero-order chi connectivity index (χ0) is 13.9. The molecule has 1 aromatic heterocycles. The second-order valence-electron chi connectivity index (χ2n) is 5.12. The molecular weight excluding hydrogens is 252 g/mol. The molecule has 1 amide bonds. The molecule has 1 aliphatic rings. The molecule has 1 aliphatic heterocycles. The van der Waals surface area contributed by atoms with Crippen molar-refractivity contribution >= 4 is 11.6 Å². The zero-order valence-electron chi connectivity index (χ0n) is 11.5. The van der Waals surface area contributed by atoms with Crippen LogP contribution in [0.4, 0.5) is 5.69 Å². The normalized spacial score (nSPS) is 18.4. The summed E-state index contributed by atoms with van der Waals surface area (Å²) < 4.78 is 1.66. The molecule has 0 spiro atoms. The largest absolute Gasteiger partial charge is 0.309 e. The fraction of sp³-hybridized carbons (Fsp3) is 0.333. The van der Waals surface area contributed by atoms with Gasteiger partial charge in [-0.15, -0.1) is 0 Å². The lowest BCUT2D eigenvalue weighted by atomic mass is 10.1. The van der Waals surface area contributed by atoms with Gasteiger partial charge >= 0.3 is 0 Å². The first kappa shape index (κ1) is 12.9. The number of fused-ring (bicyclic) bond motifs is 1. The van der Waals surface area contributed by atoms with E-state index in [-0.39, 0.29) is 18.5 Å². The summed E-state index contributed by atoms with van der Waals surface area (Å²) in [5.41, 5.74) is 2.16. The number of para-hydroxylation sites is 1. The van der Waals surface area contributed by atoms with Gasteiger partial charge in [-0.25, -0.2) is 0 Å². The van der Waals surface area contributed by atoms with Crippen molar-refractivity contribution in [3.05, 3.63) is 48.3 Å². The minimum Gasteiger partial charge on any atom is -0.309 e. The number of rotatable bonds is 2. The summed E-state index contributed by atoms with van der Waals surface area (Å²) in [5.74, 6) is 0.0664. The van der Waals surface area contributed by atoms with Crippen LogP contribution < -0.4 is 10.2 Å². The van der Waals surface area contributed by atoms with E-state index in [0.29, 0.717) is 6.54 Å². The monoisotopic (exact) mass is 270 g/mol. The van der Waals surface area contributed by atoms with E-state index in [0.717, 1.165) is 17.8 Å². The fourth-order valence-electron chi connectivity index (χ4n) is 2.50. The molecule has 5 heteroatoms. The Balaban J connectivity index is 1.88. The molecule has 0 saturated heterocycles. The highest BCUT2D eigenvalue weighted by Crippen LogP contribution is 2.23. The van der Waals surface area contributed by atoms with Crippen molar-refractivity contribution in [1.29, 1.82) is 0 Å². The quantitative estimate of drug-likeness (QED) is 0.897. The molecule has 2 aromatic rings. The fourth-order valence-corrected chi connectivity index (χ4v) is 2.50. The highest BCUT2D eigenvalue weighted by molar-refractivity contribution is 5.94. The molecule has 5 nitrogen and oxygen atoms in total. The Morgan fingerprint density at radius 1 is 1.40 bits per heavy atom. The van der Waals surface area contributed by atoms with Gasteiger partial charge in [-0.3, -0.25) is 9.48 Å². The maximum atomic E-state index is 12.6. The highest BCUT2D eigenvalue weighted by atomic mass is 16.2. The number of carbonyl (C=O) groups excluding carboxylic acids is 1. The van der Waals surface area contributed by atoms with Gasteiger partial charge in [-0.1, -0.05) is 18.2 Å². The van der Waals surface area contributed by atoms with Crippen LogP contribution in [0, 0.1) is 0 Å². The summed E-state index contributed by atoms with van der Waals surface area (Å²) in [7, 11) is 0. The van der Waals surface area contributed by atoms with Gasteiger partial charge in [0, 0.05) is 37.2 Å². The van der Waals surface area contributed by atoms with E-state index in [1.165, 1.54) is 0 Å². The highest BCUT2D eigenvalue weighted by Gasteiger charge is 2.23. The molecule has 1 atom stereocenters. The van der Waals surface area contributed by atoms with E-state index < -0.39 is 0 Å². The van der Waals surface area contributed by atoms with Gasteiger partial charge in [0.1, 0.15) is 6.54 Å². The van der Waals surface area contributed by atoms with Crippen LogP contribution in [0.3, 0.4) is 0 Å². The predicted octanol–water partition coefficient (Wildman–Crippen LogP) is 1.41. The van der Waals surface area contributed by atoms with Crippen molar-refractivity contribution < 1.29 is 4.79 Å². The van der Waals surface area contributed by atoms with Gasteiger partial charge in [-0.05, 0) is 24.6 Å². The average molecular weight is 270 g/mol. The lowest BCUT2D eigenvalue weighted by molar-refractivity contribution is -0.119. The van der Waals surface area contributed by atoms with E-state index in [1.54, 1.807) is 10.9 Å². The molecule has 0 aliphatic carbocycles. The lowest BCUT2D eigenvalue weighted by Gasteiger charge is -2.24. The van der Waals surface area contributed by atoms with Crippen LogP contribution in [-0.2, 0) is 17.9 Å². The van der Waals surface area contributed by atoms with Crippen LogP contribution in [-0.4, -0.2) is 28.3 Å². The van der Waals surface area contributed by atoms with Crippen LogP contribution in [0.25, 0.3) is 0 Å². The number of hydrogen-bond acceptors (Lipinski definition) is 3. The number of anilines is 1. The Bertz CT molecular complexity index is 594. The summed E-state index contributed by atoms with van der Waals surface area (Å²) in [5, 5.41) is 7.53. The van der Waals surface area contributed by atoms with Crippen molar-refractivity contribution in [1.82, 2.24) is 15.1 Å². The molecule has 0 bridgehead atoms. The minimum atomic E-state index is 0.0664. The standard InChI is InChI=1S/C15H18N4O/c1-12-10-19(15(20)11-18-8-4-7-17-18)14-6-3-2-5-13(14)9-16-12/h2-8,12,16H,9-11H2,1H3. The number of carbonyl (C=O) groups is 1. The molecule has 0 saturated carbocycles. The van der Waals surface area contributed by atoms with Gasteiger partial charge in [0.25, 0.3) is 0 Å². The van der Waals surface area contributed by atoms with Crippen LogP contribution in [0.2, 0.25) is 0 Å². The third kappa shape index (κ3) is 2.58. The summed E-state index contributed by atoms with van der Waals surface area (Å²) >= 11 is 0. The third-order valence-electron chi connectivity index (χ3n) is 3.54. The lowest BCUT2D eigenvalue weighted by Crippen LogP contribution is -2.41. The van der Waals surface area contributed by atoms with Gasteiger partial charge in [0.15, 0.2) is 0 Å². The van der Waals surface area contributed by atoms with Gasteiger partial charge in [-0.2, -0.15) is 5.10 Å². The number of amides is 1. The predicted molar refractivity (Wildman–Crippen MR) is 77.3 cm³/mol. The number of nitrogens with one attached hydrogen (secondary N) is 1. The van der Waals surface area contributed by atoms with Gasteiger partial charge in [0.05, 0.1) is 0 Å². The Hall–Kier alpha value is -2.14. The van der Waals surface area contributed by atoms with Gasteiger partial charge in [0.2, 0.25) is 5.91 Å². The molecule has 1 unspecified atom stereocenters. The molecule has 1 N–H and O–H groups in total. The third-order valence-corrected chi connectivity index (χ3v) is 3.54. The Kier molecular flexibility index (Phi) is 3.52. The second-order valence-corrected chi connectivity index (χ2v) is 5.12. The Morgan fingerprint density at radius 3 is 3.05 bits per heavy atom. The topological polar surface area (TPSA) is 50.2 Å². The number of benzene rings is 1. The molecule has 0 radical (unpaired) electrons. The summed E-state index contributed by atoms with van der Waals surface area (Å²) in [6.45, 7) is 3.84. The van der Waals surface area contributed by atoms with E-state index in [1.807, 2.05) is 35.4 Å². The molecule has 1 aromatic carbocycles. The maximum absolute atomic E-state index is 12.6. The summed E-state index contributed by atoms with van der Waals surface area (Å²) in [6.07, 6.45) is 3.50. The smallest absolute Gasteiger partial charge is 0.248 e. The first-order chi connectivity index (χ1) is 9.74. The minimum absolute atomic E-state index is 0.0664. The SMILES string of the molecule is CC1CN(C(=O)Cn2cccn2)c2ccccc2CN1. The van der Waals surface area contributed by atoms with Crippen molar-refractivity contribution in [3.63, 3.8) is 0 Å². The van der Waals surface area contributed by atoms with E-state index in [2.05, 4.69) is 23.4 Å². The molecule has 104 valence electrons.